The zero-order valence-electron chi connectivity index (χ0n) is 7.28. The number of nitrogens with zero attached hydrogens (tertiary/aromatic N) is 3. The summed E-state index contributed by atoms with van der Waals surface area (Å²) in [5.74, 6) is 1.70. The molecule has 1 aliphatic rings. The minimum atomic E-state index is 0.249. The lowest BCUT2D eigenvalue weighted by Gasteiger charge is -1.97. The Balaban J connectivity index is 2.19. The fourth-order valence-electron chi connectivity index (χ4n) is 2.00. The Hall–Kier alpha value is -0.970. The van der Waals surface area contributed by atoms with Crippen LogP contribution < -0.4 is 5.73 Å². The van der Waals surface area contributed by atoms with Gasteiger partial charge in [0, 0.05) is 5.92 Å². The highest BCUT2D eigenvalue weighted by Gasteiger charge is 2.59. The molecule has 0 bridgehead atoms. The standard InChI is InChI=1S/C7H13N5/c1-7(2)4(3-8)5(7)6-9-11-12-10-6/h4-5H,3,8H2,1-2H3,(H,9,10,11,12)/t4-,5+/m1/s1. The van der Waals surface area contributed by atoms with E-state index >= 15 is 0 Å². The van der Waals surface area contributed by atoms with E-state index in [4.69, 9.17) is 5.73 Å². The molecule has 66 valence electrons. The molecule has 5 heteroatoms. The topological polar surface area (TPSA) is 80.5 Å². The maximum atomic E-state index is 5.62. The van der Waals surface area contributed by atoms with E-state index in [1.165, 1.54) is 0 Å². The highest BCUT2D eigenvalue weighted by Crippen LogP contribution is 2.62. The van der Waals surface area contributed by atoms with Crippen LogP contribution >= 0.6 is 0 Å². The second-order valence-electron chi connectivity index (χ2n) is 3.91. The molecule has 2 atom stereocenters. The first kappa shape index (κ1) is 7.67. The number of nitrogens with two attached hydrogens (primary N) is 1. The quantitative estimate of drug-likeness (QED) is 0.644. The normalized spacial score (nSPS) is 31.9. The molecule has 1 heterocycles. The van der Waals surface area contributed by atoms with E-state index in [9.17, 15) is 0 Å². The summed E-state index contributed by atoms with van der Waals surface area (Å²) in [6.45, 7) is 5.07. The van der Waals surface area contributed by atoms with Gasteiger partial charge in [-0.25, -0.2) is 0 Å². The van der Waals surface area contributed by atoms with Crippen molar-refractivity contribution in [3.05, 3.63) is 5.82 Å². The van der Waals surface area contributed by atoms with Gasteiger partial charge in [0.1, 0.15) is 0 Å². The molecular weight excluding hydrogens is 154 g/mol. The van der Waals surface area contributed by atoms with Crippen LogP contribution in [0.2, 0.25) is 0 Å². The van der Waals surface area contributed by atoms with Crippen LogP contribution in [-0.4, -0.2) is 27.2 Å². The van der Waals surface area contributed by atoms with Crippen LogP contribution in [0.4, 0.5) is 0 Å². The third-order valence-corrected chi connectivity index (χ3v) is 2.94. The molecule has 1 saturated carbocycles. The number of nitrogens with one attached hydrogen (secondary N) is 1. The molecule has 1 aliphatic carbocycles. The fourth-order valence-corrected chi connectivity index (χ4v) is 2.00. The van der Waals surface area contributed by atoms with E-state index in [0.29, 0.717) is 18.4 Å². The number of H-pyrrole nitrogens is 1. The van der Waals surface area contributed by atoms with Crippen LogP contribution in [0.25, 0.3) is 0 Å². The molecule has 0 aliphatic heterocycles. The van der Waals surface area contributed by atoms with Gasteiger partial charge in [-0.05, 0) is 17.9 Å². The van der Waals surface area contributed by atoms with Gasteiger partial charge in [-0.2, -0.15) is 5.21 Å². The predicted molar refractivity (Wildman–Crippen MR) is 43.2 cm³/mol. The van der Waals surface area contributed by atoms with E-state index in [2.05, 4.69) is 34.5 Å². The molecule has 1 aromatic rings. The van der Waals surface area contributed by atoms with Crippen molar-refractivity contribution in [1.82, 2.24) is 20.6 Å². The van der Waals surface area contributed by atoms with Gasteiger partial charge in [-0.15, -0.1) is 10.2 Å². The minimum absolute atomic E-state index is 0.249. The Kier molecular flexibility index (Phi) is 1.44. The number of hydrogen-bond donors (Lipinski definition) is 2. The van der Waals surface area contributed by atoms with E-state index in [0.717, 1.165) is 5.82 Å². The Labute approximate surface area is 70.7 Å². The molecule has 0 radical (unpaired) electrons. The molecule has 5 nitrogen and oxygen atoms in total. The summed E-state index contributed by atoms with van der Waals surface area (Å²) >= 11 is 0. The van der Waals surface area contributed by atoms with Crippen molar-refractivity contribution < 1.29 is 0 Å². The van der Waals surface area contributed by atoms with Crippen molar-refractivity contribution in [3.63, 3.8) is 0 Å². The highest BCUT2D eigenvalue weighted by molar-refractivity contribution is 5.19. The van der Waals surface area contributed by atoms with Gasteiger partial charge in [0.25, 0.3) is 0 Å². The van der Waals surface area contributed by atoms with Crippen molar-refractivity contribution in [2.75, 3.05) is 6.54 Å². The number of tetrazole rings is 1. The lowest BCUT2D eigenvalue weighted by Crippen LogP contribution is -2.05. The first-order chi connectivity index (χ1) is 5.68. The van der Waals surface area contributed by atoms with Crippen molar-refractivity contribution in [2.45, 2.75) is 19.8 Å². The molecular formula is C7H13N5. The fraction of sp³-hybridized carbons (Fsp3) is 0.857. The predicted octanol–water partition coefficient (Wildman–Crippen LogP) is -0.102. The zero-order chi connectivity index (χ0) is 8.77. The van der Waals surface area contributed by atoms with Gasteiger partial charge >= 0.3 is 0 Å². The van der Waals surface area contributed by atoms with Crippen LogP contribution in [0.15, 0.2) is 0 Å². The number of rotatable bonds is 2. The molecule has 3 N–H and O–H groups in total. The third kappa shape index (κ3) is 0.859. The lowest BCUT2D eigenvalue weighted by molar-refractivity contribution is 0.555. The molecule has 1 fully saturated rings. The smallest absolute Gasteiger partial charge is 0.178 e. The van der Waals surface area contributed by atoms with E-state index < -0.39 is 0 Å². The second-order valence-corrected chi connectivity index (χ2v) is 3.91. The lowest BCUT2D eigenvalue weighted by atomic mass is 10.1. The van der Waals surface area contributed by atoms with Gasteiger partial charge in [-0.1, -0.05) is 19.1 Å². The summed E-state index contributed by atoms with van der Waals surface area (Å²) in [5, 5.41) is 13.9. The van der Waals surface area contributed by atoms with Crippen molar-refractivity contribution >= 4 is 0 Å². The third-order valence-electron chi connectivity index (χ3n) is 2.94. The highest BCUT2D eigenvalue weighted by atomic mass is 15.5. The minimum Gasteiger partial charge on any atom is -0.330 e. The van der Waals surface area contributed by atoms with Crippen LogP contribution in [-0.2, 0) is 0 Å². The molecule has 1 aromatic heterocycles. The number of hydrogen-bond acceptors (Lipinski definition) is 4. The number of aromatic nitrogens is 4. The molecule has 0 saturated heterocycles. The van der Waals surface area contributed by atoms with Crippen LogP contribution in [0, 0.1) is 11.3 Å². The molecule has 0 spiro atoms. The average molecular weight is 167 g/mol. The Bertz CT molecular complexity index is 265. The van der Waals surface area contributed by atoms with Crippen LogP contribution in [0.1, 0.15) is 25.6 Å². The van der Waals surface area contributed by atoms with Gasteiger partial charge in [0.2, 0.25) is 0 Å². The average Bonchev–Trinajstić information content (AvgIpc) is 2.50. The Morgan fingerprint density at radius 1 is 1.58 bits per heavy atom. The van der Waals surface area contributed by atoms with Crippen molar-refractivity contribution in [1.29, 1.82) is 0 Å². The van der Waals surface area contributed by atoms with Crippen LogP contribution in [0.5, 0.6) is 0 Å². The molecule has 2 rings (SSSR count). The monoisotopic (exact) mass is 167 g/mol. The largest absolute Gasteiger partial charge is 0.330 e. The van der Waals surface area contributed by atoms with Crippen molar-refractivity contribution in [2.24, 2.45) is 17.1 Å². The summed E-state index contributed by atoms with van der Waals surface area (Å²) in [6, 6.07) is 0. The first-order valence-corrected chi connectivity index (χ1v) is 4.11. The molecule has 0 aromatic carbocycles. The Morgan fingerprint density at radius 3 is 2.75 bits per heavy atom. The summed E-state index contributed by atoms with van der Waals surface area (Å²) < 4.78 is 0. The summed E-state index contributed by atoms with van der Waals surface area (Å²) in [6.07, 6.45) is 0. The SMILES string of the molecule is CC1(C)[C@H](CN)[C@H]1c1nn[nH]n1. The molecule has 12 heavy (non-hydrogen) atoms. The van der Waals surface area contributed by atoms with Gasteiger partial charge < -0.3 is 5.73 Å². The molecule has 0 amide bonds. The Morgan fingerprint density at radius 2 is 2.33 bits per heavy atom. The number of aromatic amines is 1. The molecule has 0 unspecified atom stereocenters. The van der Waals surface area contributed by atoms with E-state index in [1.54, 1.807) is 0 Å². The van der Waals surface area contributed by atoms with Gasteiger partial charge in [0.05, 0.1) is 0 Å². The summed E-state index contributed by atoms with van der Waals surface area (Å²) in [5.41, 5.74) is 5.87. The maximum absolute atomic E-state index is 5.62. The summed E-state index contributed by atoms with van der Waals surface area (Å²) in [7, 11) is 0. The van der Waals surface area contributed by atoms with Crippen LogP contribution in [0.3, 0.4) is 0 Å². The van der Waals surface area contributed by atoms with E-state index in [-0.39, 0.29) is 5.41 Å². The second kappa shape index (κ2) is 2.26. The van der Waals surface area contributed by atoms with Gasteiger partial charge in [-0.3, -0.25) is 0 Å². The van der Waals surface area contributed by atoms with Gasteiger partial charge in [0.15, 0.2) is 5.82 Å². The maximum Gasteiger partial charge on any atom is 0.178 e. The summed E-state index contributed by atoms with van der Waals surface area (Å²) in [4.78, 5) is 0. The zero-order valence-corrected chi connectivity index (χ0v) is 7.28. The van der Waals surface area contributed by atoms with E-state index in [1.807, 2.05) is 0 Å². The first-order valence-electron chi connectivity index (χ1n) is 4.11. The van der Waals surface area contributed by atoms with Crippen molar-refractivity contribution in [3.8, 4) is 0 Å².